The highest BCUT2D eigenvalue weighted by Gasteiger charge is 2.27. The number of hydrogen-bond donors (Lipinski definition) is 3. The minimum atomic E-state index is -0.334. The standard InChI is InChI=1S/C15H21N5O2S/c1-16-14(17-7-9-20-13(21)11-19-15(20)22)18-8-10-23-12-5-3-2-4-6-12/h2-6H,7-11H2,1H3,(H,19,22)(H2,16,17,18). The highest BCUT2D eigenvalue weighted by molar-refractivity contribution is 7.99. The van der Waals surface area contributed by atoms with Gasteiger partial charge in [-0.2, -0.15) is 0 Å². The second-order valence-electron chi connectivity index (χ2n) is 4.79. The molecule has 23 heavy (non-hydrogen) atoms. The molecule has 1 aliphatic heterocycles. The Bertz CT molecular complexity index is 548. The maximum absolute atomic E-state index is 11.4. The highest BCUT2D eigenvalue weighted by Crippen LogP contribution is 2.15. The van der Waals surface area contributed by atoms with Gasteiger partial charge in [-0.05, 0) is 12.1 Å². The molecule has 0 atom stereocenters. The Morgan fingerprint density at radius 1 is 1.26 bits per heavy atom. The highest BCUT2D eigenvalue weighted by atomic mass is 32.2. The molecule has 1 fully saturated rings. The van der Waals surface area contributed by atoms with Crippen molar-refractivity contribution in [1.29, 1.82) is 0 Å². The van der Waals surface area contributed by atoms with E-state index >= 15 is 0 Å². The van der Waals surface area contributed by atoms with Gasteiger partial charge >= 0.3 is 6.03 Å². The lowest BCUT2D eigenvalue weighted by atomic mass is 10.4. The summed E-state index contributed by atoms with van der Waals surface area (Å²) in [6.45, 7) is 1.64. The van der Waals surface area contributed by atoms with Crippen molar-refractivity contribution in [1.82, 2.24) is 20.9 Å². The molecule has 8 heteroatoms. The minimum absolute atomic E-state index is 0.0858. The van der Waals surface area contributed by atoms with E-state index in [2.05, 4.69) is 33.1 Å². The number of nitrogens with zero attached hydrogens (tertiary/aromatic N) is 2. The Balaban J connectivity index is 1.62. The van der Waals surface area contributed by atoms with Crippen LogP contribution in [0.1, 0.15) is 0 Å². The van der Waals surface area contributed by atoms with Gasteiger partial charge in [0.05, 0.1) is 6.54 Å². The van der Waals surface area contributed by atoms with Gasteiger partial charge in [-0.25, -0.2) is 4.79 Å². The number of imide groups is 1. The maximum atomic E-state index is 11.4. The molecule has 3 N–H and O–H groups in total. The molecule has 1 heterocycles. The normalized spacial score (nSPS) is 14.8. The summed E-state index contributed by atoms with van der Waals surface area (Å²) in [5, 5.41) is 8.78. The summed E-state index contributed by atoms with van der Waals surface area (Å²) in [7, 11) is 1.69. The first kappa shape index (κ1) is 17.1. The van der Waals surface area contributed by atoms with Crippen molar-refractivity contribution < 1.29 is 9.59 Å². The summed E-state index contributed by atoms with van der Waals surface area (Å²) >= 11 is 1.77. The second kappa shape index (κ2) is 9.04. The van der Waals surface area contributed by atoms with Crippen molar-refractivity contribution in [2.24, 2.45) is 4.99 Å². The van der Waals surface area contributed by atoms with Crippen molar-refractivity contribution in [3.8, 4) is 0 Å². The van der Waals surface area contributed by atoms with Crippen molar-refractivity contribution in [3.63, 3.8) is 0 Å². The van der Waals surface area contributed by atoms with Gasteiger partial charge in [0.2, 0.25) is 5.91 Å². The van der Waals surface area contributed by atoms with E-state index in [0.717, 1.165) is 12.3 Å². The quantitative estimate of drug-likeness (QED) is 0.222. The molecule has 1 saturated heterocycles. The molecule has 2 rings (SSSR count). The van der Waals surface area contributed by atoms with Crippen molar-refractivity contribution in [3.05, 3.63) is 30.3 Å². The number of benzene rings is 1. The van der Waals surface area contributed by atoms with Gasteiger partial charge in [0.1, 0.15) is 0 Å². The van der Waals surface area contributed by atoms with Gasteiger partial charge < -0.3 is 16.0 Å². The summed E-state index contributed by atoms with van der Waals surface area (Å²) in [6.07, 6.45) is 0. The molecular weight excluding hydrogens is 314 g/mol. The number of carbonyl (C=O) groups excluding carboxylic acids is 2. The molecule has 1 aromatic rings. The molecule has 3 amide bonds. The topological polar surface area (TPSA) is 85.8 Å². The fourth-order valence-corrected chi connectivity index (χ4v) is 2.83. The van der Waals surface area contributed by atoms with E-state index in [9.17, 15) is 9.59 Å². The van der Waals surface area contributed by atoms with E-state index in [0.29, 0.717) is 19.0 Å². The number of nitrogens with one attached hydrogen (secondary N) is 3. The molecule has 0 radical (unpaired) electrons. The fraction of sp³-hybridized carbons (Fsp3) is 0.400. The summed E-state index contributed by atoms with van der Waals surface area (Å²) in [6, 6.07) is 9.86. The van der Waals surface area contributed by atoms with Crippen LogP contribution in [0.25, 0.3) is 0 Å². The number of rotatable bonds is 7. The van der Waals surface area contributed by atoms with Crippen molar-refractivity contribution in [2.45, 2.75) is 4.90 Å². The maximum Gasteiger partial charge on any atom is 0.324 e. The zero-order valence-electron chi connectivity index (χ0n) is 13.0. The smallest absolute Gasteiger partial charge is 0.324 e. The van der Waals surface area contributed by atoms with Gasteiger partial charge in [-0.1, -0.05) is 18.2 Å². The Labute approximate surface area is 139 Å². The van der Waals surface area contributed by atoms with Crippen LogP contribution in [0.5, 0.6) is 0 Å². The Morgan fingerprint density at radius 2 is 2.00 bits per heavy atom. The number of hydrogen-bond acceptors (Lipinski definition) is 4. The van der Waals surface area contributed by atoms with Crippen LogP contribution in [-0.2, 0) is 4.79 Å². The number of guanidine groups is 1. The van der Waals surface area contributed by atoms with Gasteiger partial charge in [-0.15, -0.1) is 11.8 Å². The summed E-state index contributed by atoms with van der Waals surface area (Å²) < 4.78 is 0. The number of carbonyl (C=O) groups is 2. The largest absolute Gasteiger partial charge is 0.356 e. The lowest BCUT2D eigenvalue weighted by Crippen LogP contribution is -2.43. The molecule has 7 nitrogen and oxygen atoms in total. The molecule has 1 aliphatic rings. The van der Waals surface area contributed by atoms with Crippen molar-refractivity contribution in [2.75, 3.05) is 39.0 Å². The van der Waals surface area contributed by atoms with Gasteiger partial charge in [0, 0.05) is 37.3 Å². The van der Waals surface area contributed by atoms with Crippen LogP contribution in [0.4, 0.5) is 4.79 Å². The zero-order valence-corrected chi connectivity index (χ0v) is 13.9. The van der Waals surface area contributed by atoms with Crippen LogP contribution in [0, 0.1) is 0 Å². The third-order valence-corrected chi connectivity index (χ3v) is 4.21. The van der Waals surface area contributed by atoms with Gasteiger partial charge in [-0.3, -0.25) is 14.7 Å². The molecule has 0 spiro atoms. The molecule has 0 unspecified atom stereocenters. The third kappa shape index (κ3) is 5.48. The number of thioether (sulfide) groups is 1. The predicted molar refractivity (Wildman–Crippen MR) is 91.6 cm³/mol. The molecular formula is C15H21N5O2S. The van der Waals surface area contributed by atoms with Crippen molar-refractivity contribution >= 4 is 29.7 Å². The van der Waals surface area contributed by atoms with Crippen LogP contribution in [0.3, 0.4) is 0 Å². The lowest BCUT2D eigenvalue weighted by molar-refractivity contribution is -0.124. The Kier molecular flexibility index (Phi) is 6.74. The minimum Gasteiger partial charge on any atom is -0.356 e. The van der Waals surface area contributed by atoms with E-state index < -0.39 is 0 Å². The molecule has 0 bridgehead atoms. The van der Waals surface area contributed by atoms with Gasteiger partial charge in [0.25, 0.3) is 0 Å². The number of amides is 3. The number of urea groups is 1. The van der Waals surface area contributed by atoms with E-state index in [1.165, 1.54) is 9.80 Å². The molecule has 0 aromatic heterocycles. The monoisotopic (exact) mass is 335 g/mol. The first-order chi connectivity index (χ1) is 11.2. The molecule has 1 aromatic carbocycles. The summed E-state index contributed by atoms with van der Waals surface area (Å²) in [4.78, 5) is 29.4. The zero-order chi connectivity index (χ0) is 16.5. The summed E-state index contributed by atoms with van der Waals surface area (Å²) in [5.41, 5.74) is 0. The average molecular weight is 335 g/mol. The van der Waals surface area contributed by atoms with E-state index in [-0.39, 0.29) is 18.5 Å². The van der Waals surface area contributed by atoms with Crippen LogP contribution in [0.15, 0.2) is 40.2 Å². The Morgan fingerprint density at radius 3 is 2.65 bits per heavy atom. The van der Waals surface area contributed by atoms with Crippen LogP contribution in [-0.4, -0.2) is 61.8 Å². The third-order valence-electron chi connectivity index (χ3n) is 3.19. The molecule has 0 aliphatic carbocycles. The number of aliphatic imine (C=N–C) groups is 1. The lowest BCUT2D eigenvalue weighted by Gasteiger charge is -2.15. The fourth-order valence-electron chi connectivity index (χ4n) is 2.04. The van der Waals surface area contributed by atoms with Crippen LogP contribution in [0.2, 0.25) is 0 Å². The first-order valence-electron chi connectivity index (χ1n) is 7.41. The molecule has 0 saturated carbocycles. The average Bonchev–Trinajstić information content (AvgIpc) is 2.89. The second-order valence-corrected chi connectivity index (χ2v) is 5.96. The van der Waals surface area contributed by atoms with Crippen LogP contribution >= 0.6 is 11.8 Å². The Hall–Kier alpha value is -2.22. The van der Waals surface area contributed by atoms with Gasteiger partial charge in [0.15, 0.2) is 5.96 Å². The van der Waals surface area contributed by atoms with Crippen LogP contribution < -0.4 is 16.0 Å². The molecule has 124 valence electrons. The SMILES string of the molecule is CN=C(NCCSc1ccccc1)NCCN1C(=O)CNC1=O. The summed E-state index contributed by atoms with van der Waals surface area (Å²) in [5.74, 6) is 1.38. The van der Waals surface area contributed by atoms with E-state index in [1.54, 1.807) is 18.8 Å². The first-order valence-corrected chi connectivity index (χ1v) is 8.40. The van der Waals surface area contributed by atoms with E-state index in [4.69, 9.17) is 0 Å². The van der Waals surface area contributed by atoms with E-state index in [1.807, 2.05) is 18.2 Å². The predicted octanol–water partition coefficient (Wildman–Crippen LogP) is 0.495.